The Morgan fingerprint density at radius 2 is 1.61 bits per heavy atom. The molecule has 0 fully saturated rings. The molecule has 2 aromatic heterocycles. The lowest BCUT2D eigenvalue weighted by molar-refractivity contribution is 0.0965. The van der Waals surface area contributed by atoms with E-state index in [1.807, 2.05) is 10.9 Å². The van der Waals surface area contributed by atoms with E-state index in [1.54, 1.807) is 19.1 Å². The maximum Gasteiger partial charge on any atom is 0.281 e. The average Bonchev–Trinajstić information content (AvgIpc) is 3.02. The van der Waals surface area contributed by atoms with Crippen LogP contribution in [0.3, 0.4) is 0 Å². The van der Waals surface area contributed by atoms with Crippen LogP contribution >= 0.6 is 11.3 Å². The fraction of sp³-hybridized carbons (Fsp3) is 0.118. The summed E-state index contributed by atoms with van der Waals surface area (Å²) in [4.78, 5) is 19.0. The SMILES string of the molecule is Cc1nc(Cc2ccc(F)cc2)sc1C(=O)NNc1c(F)c(F)nc(F)c1F. The molecule has 0 saturated heterocycles. The summed E-state index contributed by atoms with van der Waals surface area (Å²) in [5.41, 5.74) is 3.69. The lowest BCUT2D eigenvalue weighted by atomic mass is 10.1. The predicted octanol–water partition coefficient (Wildman–Crippen LogP) is 3.89. The highest BCUT2D eigenvalue weighted by molar-refractivity contribution is 7.13. The molecular formula is C17H11F5N4OS. The third-order valence-corrected chi connectivity index (χ3v) is 4.77. The molecule has 11 heteroatoms. The van der Waals surface area contributed by atoms with Crippen LogP contribution in [-0.2, 0) is 6.42 Å². The minimum Gasteiger partial charge on any atom is -0.292 e. The summed E-state index contributed by atoms with van der Waals surface area (Å²) < 4.78 is 66.2. The number of hydrogen-bond donors (Lipinski definition) is 2. The van der Waals surface area contributed by atoms with Gasteiger partial charge in [-0.2, -0.15) is 22.5 Å². The van der Waals surface area contributed by atoms with Crippen molar-refractivity contribution in [3.8, 4) is 0 Å². The number of aromatic nitrogens is 2. The smallest absolute Gasteiger partial charge is 0.281 e. The van der Waals surface area contributed by atoms with Gasteiger partial charge in [0.05, 0.1) is 10.7 Å². The van der Waals surface area contributed by atoms with Crippen molar-refractivity contribution in [1.29, 1.82) is 0 Å². The molecule has 28 heavy (non-hydrogen) atoms. The molecule has 5 nitrogen and oxygen atoms in total. The zero-order chi connectivity index (χ0) is 20.4. The molecule has 0 spiro atoms. The Morgan fingerprint density at radius 1 is 1.00 bits per heavy atom. The van der Waals surface area contributed by atoms with Gasteiger partial charge >= 0.3 is 0 Å². The van der Waals surface area contributed by atoms with Gasteiger partial charge in [0.25, 0.3) is 17.8 Å². The van der Waals surface area contributed by atoms with Crippen LogP contribution in [0.25, 0.3) is 0 Å². The van der Waals surface area contributed by atoms with Gasteiger partial charge in [-0.25, -0.2) is 9.37 Å². The van der Waals surface area contributed by atoms with Crippen LogP contribution in [0.4, 0.5) is 27.6 Å². The number of anilines is 1. The van der Waals surface area contributed by atoms with Gasteiger partial charge in [-0.3, -0.25) is 15.6 Å². The Hall–Kier alpha value is -3.08. The average molecular weight is 414 g/mol. The van der Waals surface area contributed by atoms with E-state index >= 15 is 0 Å². The van der Waals surface area contributed by atoms with Gasteiger partial charge in [0, 0.05) is 6.42 Å². The quantitative estimate of drug-likeness (QED) is 0.378. The molecule has 0 bridgehead atoms. The summed E-state index contributed by atoms with van der Waals surface area (Å²) in [5, 5.41) is 0.549. The van der Waals surface area contributed by atoms with E-state index in [4.69, 9.17) is 0 Å². The largest absolute Gasteiger partial charge is 0.292 e. The van der Waals surface area contributed by atoms with E-state index < -0.39 is 35.1 Å². The lowest BCUT2D eigenvalue weighted by Crippen LogP contribution is -2.30. The molecule has 2 heterocycles. The third kappa shape index (κ3) is 4.09. The summed E-state index contributed by atoms with van der Waals surface area (Å²) >= 11 is 1.01. The second-order valence-corrected chi connectivity index (χ2v) is 6.68. The third-order valence-electron chi connectivity index (χ3n) is 3.61. The number of pyridine rings is 1. The van der Waals surface area contributed by atoms with Crippen LogP contribution in [-0.4, -0.2) is 15.9 Å². The van der Waals surface area contributed by atoms with Gasteiger partial charge < -0.3 is 0 Å². The van der Waals surface area contributed by atoms with Gasteiger partial charge in [-0.1, -0.05) is 12.1 Å². The van der Waals surface area contributed by atoms with Crippen molar-refractivity contribution in [2.24, 2.45) is 0 Å². The van der Waals surface area contributed by atoms with Gasteiger partial charge in [-0.15, -0.1) is 11.3 Å². The second-order valence-electron chi connectivity index (χ2n) is 5.60. The summed E-state index contributed by atoms with van der Waals surface area (Å²) in [6.07, 6.45) is 0.344. The topological polar surface area (TPSA) is 66.9 Å². The normalized spacial score (nSPS) is 10.8. The highest BCUT2D eigenvalue weighted by Gasteiger charge is 2.22. The number of amides is 1. The number of nitrogens with zero attached hydrogens (tertiary/aromatic N) is 2. The summed E-state index contributed by atoms with van der Waals surface area (Å²) in [7, 11) is 0. The van der Waals surface area contributed by atoms with Gasteiger partial charge in [0.15, 0.2) is 0 Å². The minimum absolute atomic E-state index is 0.125. The molecule has 2 N–H and O–H groups in total. The summed E-state index contributed by atoms with van der Waals surface area (Å²) in [6, 6.07) is 5.74. The first-order chi connectivity index (χ1) is 13.3. The second kappa shape index (κ2) is 7.89. The molecular weight excluding hydrogens is 403 g/mol. The number of nitrogens with one attached hydrogen (secondary N) is 2. The van der Waals surface area contributed by atoms with Crippen LogP contribution in [0.2, 0.25) is 0 Å². The molecule has 0 aliphatic heterocycles. The van der Waals surface area contributed by atoms with E-state index in [1.165, 1.54) is 12.1 Å². The van der Waals surface area contributed by atoms with E-state index in [9.17, 15) is 26.7 Å². The van der Waals surface area contributed by atoms with Gasteiger partial charge in [-0.05, 0) is 24.6 Å². The van der Waals surface area contributed by atoms with E-state index in [0.717, 1.165) is 16.9 Å². The lowest BCUT2D eigenvalue weighted by Gasteiger charge is -2.10. The number of thiazole rings is 1. The number of hydrogen-bond acceptors (Lipinski definition) is 5. The van der Waals surface area contributed by atoms with Crippen molar-refractivity contribution in [1.82, 2.24) is 15.4 Å². The number of benzene rings is 1. The molecule has 3 aromatic rings. The highest BCUT2D eigenvalue weighted by Crippen LogP contribution is 2.23. The number of aryl methyl sites for hydroxylation is 1. The Morgan fingerprint density at radius 3 is 2.21 bits per heavy atom. The fourth-order valence-corrected chi connectivity index (χ4v) is 3.28. The first-order valence-corrected chi connectivity index (χ1v) is 8.55. The first-order valence-electron chi connectivity index (χ1n) is 7.73. The van der Waals surface area contributed by atoms with Crippen molar-refractivity contribution in [2.75, 3.05) is 5.43 Å². The Labute approximate surface area is 159 Å². The maximum absolute atomic E-state index is 13.6. The molecule has 146 valence electrons. The van der Waals surface area contributed by atoms with Crippen molar-refractivity contribution < 1.29 is 26.7 Å². The van der Waals surface area contributed by atoms with E-state index in [-0.39, 0.29) is 10.7 Å². The summed E-state index contributed by atoms with van der Waals surface area (Å²) in [5.74, 6) is -8.46. The number of carbonyl (C=O) groups excluding carboxylic acids is 1. The number of carbonyl (C=O) groups is 1. The molecule has 0 radical (unpaired) electrons. The molecule has 0 atom stereocenters. The predicted molar refractivity (Wildman–Crippen MR) is 91.2 cm³/mol. The molecule has 0 unspecified atom stereocenters. The zero-order valence-electron chi connectivity index (χ0n) is 14.1. The van der Waals surface area contributed by atoms with Crippen molar-refractivity contribution in [3.63, 3.8) is 0 Å². The van der Waals surface area contributed by atoms with Crippen molar-refractivity contribution in [2.45, 2.75) is 13.3 Å². The first kappa shape index (κ1) is 19.7. The Kier molecular flexibility index (Phi) is 5.54. The fourth-order valence-electron chi connectivity index (χ4n) is 2.29. The molecule has 1 aromatic carbocycles. The van der Waals surface area contributed by atoms with Crippen molar-refractivity contribution >= 4 is 22.9 Å². The van der Waals surface area contributed by atoms with E-state index in [2.05, 4.69) is 9.97 Å². The zero-order valence-corrected chi connectivity index (χ0v) is 14.9. The Bertz CT molecular complexity index is 1010. The van der Waals surface area contributed by atoms with Crippen LogP contribution < -0.4 is 10.9 Å². The number of rotatable bonds is 5. The van der Waals surface area contributed by atoms with Gasteiger partial charge in [0.2, 0.25) is 11.6 Å². The van der Waals surface area contributed by atoms with Crippen LogP contribution in [0, 0.1) is 36.3 Å². The van der Waals surface area contributed by atoms with Crippen LogP contribution in [0.5, 0.6) is 0 Å². The van der Waals surface area contributed by atoms with Crippen molar-refractivity contribution in [3.05, 3.63) is 74.8 Å². The van der Waals surface area contributed by atoms with Gasteiger partial charge in [0.1, 0.15) is 16.4 Å². The monoisotopic (exact) mass is 414 g/mol. The maximum atomic E-state index is 13.6. The highest BCUT2D eigenvalue weighted by atomic mass is 32.1. The standard InChI is InChI=1S/C17H11F5N4OS/c1-7-14(28-10(23-7)6-8-2-4-9(18)5-3-8)17(27)26-25-13-11(19)15(21)24-16(22)12(13)20/h2-5H,6H2,1H3,(H,24,25)(H,26,27). The van der Waals surface area contributed by atoms with Crippen LogP contribution in [0.1, 0.15) is 25.9 Å². The molecule has 1 amide bonds. The minimum atomic E-state index is -1.86. The molecule has 0 saturated carbocycles. The van der Waals surface area contributed by atoms with E-state index in [0.29, 0.717) is 17.1 Å². The molecule has 3 rings (SSSR count). The molecule has 0 aliphatic rings. The number of halogens is 5. The van der Waals surface area contributed by atoms with Crippen LogP contribution in [0.15, 0.2) is 24.3 Å². The molecule has 0 aliphatic carbocycles. The summed E-state index contributed by atoms with van der Waals surface area (Å²) in [6.45, 7) is 1.55. The Balaban J connectivity index is 1.73. The number of hydrazine groups is 1.